The number of aromatic hydroxyl groups is 2. The molecule has 0 spiro atoms. The topological polar surface area (TPSA) is 103 Å². The fourth-order valence-electron chi connectivity index (χ4n) is 3.29. The molecule has 0 bridgehead atoms. The van der Waals surface area contributed by atoms with Gasteiger partial charge in [-0.05, 0) is 61.4 Å². The first-order valence-corrected chi connectivity index (χ1v) is 9.94. The fourth-order valence-corrected chi connectivity index (χ4v) is 3.29. The molecule has 3 aromatic carbocycles. The Bertz CT molecular complexity index is 1120. The largest absolute Gasteiger partial charge is 0.504 e. The Morgan fingerprint density at radius 3 is 2.16 bits per heavy atom. The summed E-state index contributed by atoms with van der Waals surface area (Å²) in [7, 11) is 2.99. The van der Waals surface area contributed by atoms with Gasteiger partial charge in [-0.25, -0.2) is 0 Å². The normalized spacial score (nSPS) is 10.4. The monoisotopic (exact) mass is 437 g/mol. The second-order valence-corrected chi connectivity index (χ2v) is 7.30. The Labute approximate surface area is 187 Å². The molecule has 0 heterocycles. The highest BCUT2D eigenvalue weighted by atomic mass is 16.6. The molecule has 0 aliphatic rings. The minimum Gasteiger partial charge on any atom is -0.504 e. The van der Waals surface area contributed by atoms with Crippen molar-refractivity contribution in [3.8, 4) is 56.8 Å². The average Bonchev–Trinajstić information content (AvgIpc) is 2.79. The molecule has 3 aromatic rings. The average molecular weight is 437 g/mol. The molecule has 7 heteroatoms. The third kappa shape index (κ3) is 4.73. The zero-order valence-electron chi connectivity index (χ0n) is 18.5. The predicted molar refractivity (Wildman–Crippen MR) is 123 cm³/mol. The van der Waals surface area contributed by atoms with Crippen LogP contribution < -0.4 is 24.9 Å². The standard InChI is InChI=1S/C25H27NO6/c1-15(2)11-12-31-21-10-7-17(13-20(21)27)23-22(29-3)14-19(25(30-4)24(23)28)16-5-8-18(32-26)9-6-16/h5-11,13-14,27-28H,12,26H2,1-4H3. The summed E-state index contributed by atoms with van der Waals surface area (Å²) in [5.74, 6) is 6.56. The molecule has 0 saturated heterocycles. The van der Waals surface area contributed by atoms with E-state index in [0.717, 1.165) is 11.1 Å². The Morgan fingerprint density at radius 2 is 1.59 bits per heavy atom. The van der Waals surface area contributed by atoms with Gasteiger partial charge in [0.1, 0.15) is 18.1 Å². The Morgan fingerprint density at radius 1 is 0.906 bits per heavy atom. The third-order valence-corrected chi connectivity index (χ3v) is 4.92. The van der Waals surface area contributed by atoms with E-state index in [2.05, 4.69) is 0 Å². The van der Waals surface area contributed by atoms with Gasteiger partial charge in [0.2, 0.25) is 0 Å². The summed E-state index contributed by atoms with van der Waals surface area (Å²) in [5, 5.41) is 21.5. The van der Waals surface area contributed by atoms with E-state index in [0.29, 0.717) is 40.5 Å². The first kappa shape index (κ1) is 22.8. The van der Waals surface area contributed by atoms with E-state index in [-0.39, 0.29) is 17.2 Å². The summed E-state index contributed by atoms with van der Waals surface area (Å²) in [5.41, 5.74) is 3.45. The van der Waals surface area contributed by atoms with Crippen LogP contribution in [0.3, 0.4) is 0 Å². The summed E-state index contributed by atoms with van der Waals surface area (Å²) < 4.78 is 16.7. The lowest BCUT2D eigenvalue weighted by Gasteiger charge is -2.18. The van der Waals surface area contributed by atoms with E-state index >= 15 is 0 Å². The van der Waals surface area contributed by atoms with Gasteiger partial charge >= 0.3 is 0 Å². The first-order valence-electron chi connectivity index (χ1n) is 9.94. The van der Waals surface area contributed by atoms with Gasteiger partial charge in [-0.2, -0.15) is 5.90 Å². The molecule has 0 aliphatic heterocycles. The predicted octanol–water partition coefficient (Wildman–Crippen LogP) is 5.05. The van der Waals surface area contributed by atoms with Crippen molar-refractivity contribution < 1.29 is 29.3 Å². The number of ether oxygens (including phenoxy) is 3. The highest BCUT2D eigenvalue weighted by molar-refractivity contribution is 5.88. The molecule has 0 aliphatic carbocycles. The molecule has 168 valence electrons. The maximum absolute atomic E-state index is 11.1. The lowest BCUT2D eigenvalue weighted by Crippen LogP contribution is -2.01. The molecule has 0 amide bonds. The van der Waals surface area contributed by atoms with Crippen LogP contribution in [-0.2, 0) is 0 Å². The van der Waals surface area contributed by atoms with Gasteiger partial charge in [0.25, 0.3) is 0 Å². The molecule has 0 atom stereocenters. The number of nitrogens with two attached hydrogens (primary N) is 1. The summed E-state index contributed by atoms with van der Waals surface area (Å²) in [6.07, 6.45) is 1.91. The van der Waals surface area contributed by atoms with E-state index in [1.165, 1.54) is 20.3 Å². The molecule has 0 fully saturated rings. The van der Waals surface area contributed by atoms with Gasteiger partial charge in [-0.3, -0.25) is 0 Å². The van der Waals surface area contributed by atoms with Gasteiger partial charge in [0, 0.05) is 5.56 Å². The summed E-state index contributed by atoms with van der Waals surface area (Å²) in [6.45, 7) is 4.29. The molecule has 0 radical (unpaired) electrons. The van der Waals surface area contributed by atoms with Gasteiger partial charge in [0.15, 0.2) is 23.0 Å². The number of methoxy groups -OCH3 is 2. The van der Waals surface area contributed by atoms with Crippen LogP contribution >= 0.6 is 0 Å². The number of phenols is 2. The van der Waals surface area contributed by atoms with E-state index in [4.69, 9.17) is 24.9 Å². The highest BCUT2D eigenvalue weighted by Gasteiger charge is 2.22. The molecular weight excluding hydrogens is 410 g/mol. The van der Waals surface area contributed by atoms with Crippen molar-refractivity contribution in [1.29, 1.82) is 0 Å². The Balaban J connectivity index is 2.07. The van der Waals surface area contributed by atoms with Crippen molar-refractivity contribution in [2.45, 2.75) is 13.8 Å². The number of hydrogen-bond acceptors (Lipinski definition) is 7. The smallest absolute Gasteiger partial charge is 0.170 e. The van der Waals surface area contributed by atoms with E-state index in [1.54, 1.807) is 42.5 Å². The van der Waals surface area contributed by atoms with Crippen molar-refractivity contribution >= 4 is 0 Å². The van der Waals surface area contributed by atoms with Gasteiger partial charge in [-0.1, -0.05) is 23.8 Å². The lowest BCUT2D eigenvalue weighted by molar-refractivity contribution is 0.334. The summed E-state index contributed by atoms with van der Waals surface area (Å²) in [6, 6.07) is 13.7. The van der Waals surface area contributed by atoms with Crippen LogP contribution in [0.5, 0.6) is 34.5 Å². The maximum atomic E-state index is 11.1. The van der Waals surface area contributed by atoms with Crippen molar-refractivity contribution in [3.05, 3.63) is 60.2 Å². The number of allylic oxidation sites excluding steroid dienone is 1. The van der Waals surface area contributed by atoms with Crippen LogP contribution in [0.4, 0.5) is 0 Å². The van der Waals surface area contributed by atoms with E-state index in [9.17, 15) is 10.2 Å². The Hall–Kier alpha value is -3.84. The van der Waals surface area contributed by atoms with Crippen molar-refractivity contribution in [2.24, 2.45) is 5.90 Å². The van der Waals surface area contributed by atoms with Crippen LogP contribution in [0.25, 0.3) is 22.3 Å². The molecule has 3 rings (SSSR count). The number of benzene rings is 3. The number of rotatable bonds is 8. The van der Waals surface area contributed by atoms with Gasteiger partial charge in [-0.15, -0.1) is 0 Å². The van der Waals surface area contributed by atoms with Gasteiger partial charge < -0.3 is 29.3 Å². The van der Waals surface area contributed by atoms with E-state index in [1.807, 2.05) is 19.9 Å². The minimum absolute atomic E-state index is 0.0495. The molecule has 32 heavy (non-hydrogen) atoms. The van der Waals surface area contributed by atoms with Crippen LogP contribution in [0.15, 0.2) is 60.2 Å². The SMILES string of the molecule is COc1cc(-c2ccc(ON)cc2)c(OC)c(O)c1-c1ccc(OCC=C(C)C)c(O)c1. The zero-order valence-corrected chi connectivity index (χ0v) is 18.5. The van der Waals surface area contributed by atoms with Crippen LogP contribution in [-0.4, -0.2) is 31.0 Å². The van der Waals surface area contributed by atoms with Crippen molar-refractivity contribution in [2.75, 3.05) is 20.8 Å². The molecule has 7 nitrogen and oxygen atoms in total. The minimum atomic E-state index is -0.112. The molecular formula is C25H27NO6. The Kier molecular flexibility index (Phi) is 7.12. The van der Waals surface area contributed by atoms with Crippen LogP contribution in [0.1, 0.15) is 13.8 Å². The molecule has 0 saturated carbocycles. The second kappa shape index (κ2) is 9.98. The maximum Gasteiger partial charge on any atom is 0.170 e. The summed E-state index contributed by atoms with van der Waals surface area (Å²) in [4.78, 5) is 4.72. The summed E-state index contributed by atoms with van der Waals surface area (Å²) >= 11 is 0. The van der Waals surface area contributed by atoms with Crippen molar-refractivity contribution in [3.63, 3.8) is 0 Å². The first-order chi connectivity index (χ1) is 15.4. The van der Waals surface area contributed by atoms with Crippen LogP contribution in [0.2, 0.25) is 0 Å². The third-order valence-electron chi connectivity index (χ3n) is 4.92. The number of phenolic OH excluding ortho intramolecular Hbond substituents is 2. The van der Waals surface area contributed by atoms with Gasteiger partial charge in [0.05, 0.1) is 19.8 Å². The molecule has 0 aromatic heterocycles. The zero-order chi connectivity index (χ0) is 23.3. The second-order valence-electron chi connectivity index (χ2n) is 7.30. The van der Waals surface area contributed by atoms with E-state index < -0.39 is 0 Å². The fraction of sp³-hybridized carbons (Fsp3) is 0.200. The molecule has 0 unspecified atom stereocenters. The quantitative estimate of drug-likeness (QED) is 0.335. The number of hydrogen-bond donors (Lipinski definition) is 3. The van der Waals surface area contributed by atoms with Crippen molar-refractivity contribution in [1.82, 2.24) is 0 Å². The molecule has 4 N–H and O–H groups in total. The highest BCUT2D eigenvalue weighted by Crippen LogP contribution is 2.50. The lowest BCUT2D eigenvalue weighted by atomic mass is 9.96. The van der Waals surface area contributed by atoms with Crippen LogP contribution in [0, 0.1) is 0 Å².